The summed E-state index contributed by atoms with van der Waals surface area (Å²) in [7, 11) is 1.81. The molecule has 0 aromatic heterocycles. The Labute approximate surface area is 177 Å². The van der Waals surface area contributed by atoms with Crippen LogP contribution in [0.3, 0.4) is 0 Å². The average molecular weight is 412 g/mol. The molecule has 1 aliphatic rings. The largest absolute Gasteiger partial charge is 0.350 e. The molecule has 0 fully saturated rings. The van der Waals surface area contributed by atoms with Gasteiger partial charge in [-0.1, -0.05) is 42.5 Å². The lowest BCUT2D eigenvalue weighted by Gasteiger charge is -2.38. The number of likely N-dealkylation sites (N-methyl/N-ethyl adjacent to an activating group) is 1. The van der Waals surface area contributed by atoms with Gasteiger partial charge in [-0.15, -0.1) is 11.8 Å². The number of fused-ring (bicyclic) bond motifs is 1. The van der Waals surface area contributed by atoms with Crippen LogP contribution in [0, 0.1) is 0 Å². The Morgan fingerprint density at radius 1 is 1.07 bits per heavy atom. The summed E-state index contributed by atoms with van der Waals surface area (Å²) in [5.74, 6) is 0.723. The van der Waals surface area contributed by atoms with Crippen molar-refractivity contribution in [1.82, 2.24) is 10.2 Å². The molecule has 0 aliphatic carbocycles. The zero-order valence-electron chi connectivity index (χ0n) is 17.5. The normalized spacial score (nSPS) is 16.4. The molecule has 3 rings (SSSR count). The third-order valence-corrected chi connectivity index (χ3v) is 5.76. The van der Waals surface area contributed by atoms with Crippen molar-refractivity contribution >= 4 is 29.3 Å². The Morgan fingerprint density at radius 3 is 2.41 bits per heavy atom. The Kier molecular flexibility index (Phi) is 6.65. The highest BCUT2D eigenvalue weighted by Gasteiger charge is 2.33. The molecule has 1 heterocycles. The van der Waals surface area contributed by atoms with Crippen LogP contribution in [0.2, 0.25) is 0 Å². The highest BCUT2D eigenvalue weighted by Crippen LogP contribution is 2.43. The van der Waals surface area contributed by atoms with Crippen LogP contribution in [0.1, 0.15) is 32.4 Å². The summed E-state index contributed by atoms with van der Waals surface area (Å²) in [6, 6.07) is 18.1. The molecule has 5 nitrogen and oxygen atoms in total. The molecule has 0 radical (unpaired) electrons. The summed E-state index contributed by atoms with van der Waals surface area (Å²) in [6.07, 6.45) is 0. The van der Waals surface area contributed by atoms with Gasteiger partial charge in [0, 0.05) is 16.2 Å². The van der Waals surface area contributed by atoms with E-state index in [2.05, 4.69) is 23.5 Å². The van der Waals surface area contributed by atoms with Gasteiger partial charge in [0.1, 0.15) is 0 Å². The number of amides is 2. The van der Waals surface area contributed by atoms with E-state index in [4.69, 9.17) is 0 Å². The quantitative estimate of drug-likeness (QED) is 0.815. The van der Waals surface area contributed by atoms with Gasteiger partial charge in [-0.2, -0.15) is 0 Å². The third kappa shape index (κ3) is 5.61. The van der Waals surface area contributed by atoms with E-state index in [0.29, 0.717) is 0 Å². The molecule has 1 atom stereocenters. The van der Waals surface area contributed by atoms with E-state index in [0.717, 1.165) is 21.9 Å². The van der Waals surface area contributed by atoms with E-state index in [9.17, 15) is 9.59 Å². The predicted molar refractivity (Wildman–Crippen MR) is 119 cm³/mol. The molecule has 0 spiro atoms. The van der Waals surface area contributed by atoms with Crippen LogP contribution < -0.4 is 10.2 Å². The topological polar surface area (TPSA) is 52.7 Å². The van der Waals surface area contributed by atoms with Crippen molar-refractivity contribution in [2.75, 3.05) is 30.8 Å². The van der Waals surface area contributed by atoms with Gasteiger partial charge in [-0.05, 0) is 45.5 Å². The summed E-state index contributed by atoms with van der Waals surface area (Å²) >= 11 is 1.78. The maximum absolute atomic E-state index is 13.4. The molecular weight excluding hydrogens is 382 g/mol. The second-order valence-electron chi connectivity index (χ2n) is 8.44. The van der Waals surface area contributed by atoms with Gasteiger partial charge in [0.25, 0.3) is 0 Å². The molecule has 154 valence electrons. The Hall–Kier alpha value is -2.31. The van der Waals surface area contributed by atoms with Crippen molar-refractivity contribution < 1.29 is 9.59 Å². The van der Waals surface area contributed by atoms with Crippen molar-refractivity contribution in [3.63, 3.8) is 0 Å². The molecule has 2 amide bonds. The molecule has 1 N–H and O–H groups in total. The minimum atomic E-state index is -0.288. The number of hydrogen-bond acceptors (Lipinski definition) is 4. The average Bonchev–Trinajstić information content (AvgIpc) is 2.65. The number of thioether (sulfide) groups is 1. The summed E-state index contributed by atoms with van der Waals surface area (Å²) < 4.78 is 0. The fraction of sp³-hybridized carbons (Fsp3) is 0.391. The summed E-state index contributed by atoms with van der Waals surface area (Å²) in [5.41, 5.74) is 1.77. The summed E-state index contributed by atoms with van der Waals surface area (Å²) in [6.45, 7) is 6.21. The van der Waals surface area contributed by atoms with E-state index in [1.807, 2.05) is 69.1 Å². The lowest BCUT2D eigenvalue weighted by Crippen LogP contribution is -2.48. The number of para-hydroxylation sites is 1. The highest BCUT2D eigenvalue weighted by atomic mass is 32.2. The minimum Gasteiger partial charge on any atom is -0.350 e. The number of hydrogen-bond donors (Lipinski definition) is 1. The van der Waals surface area contributed by atoms with Gasteiger partial charge >= 0.3 is 0 Å². The van der Waals surface area contributed by atoms with Gasteiger partial charge in [-0.25, -0.2) is 0 Å². The maximum atomic E-state index is 13.4. The van der Waals surface area contributed by atoms with E-state index in [1.165, 1.54) is 0 Å². The van der Waals surface area contributed by atoms with E-state index >= 15 is 0 Å². The first-order chi connectivity index (χ1) is 13.7. The maximum Gasteiger partial charge on any atom is 0.241 e. The van der Waals surface area contributed by atoms with Crippen LogP contribution in [0.15, 0.2) is 59.5 Å². The molecule has 0 bridgehead atoms. The van der Waals surface area contributed by atoms with Gasteiger partial charge < -0.3 is 10.2 Å². The first-order valence-electron chi connectivity index (χ1n) is 9.83. The molecule has 0 unspecified atom stereocenters. The zero-order chi connectivity index (χ0) is 21.0. The van der Waals surface area contributed by atoms with E-state index < -0.39 is 0 Å². The third-order valence-electron chi connectivity index (χ3n) is 4.62. The number of nitrogens with one attached hydrogen (secondary N) is 1. The Bertz CT molecular complexity index is 864. The van der Waals surface area contributed by atoms with Crippen molar-refractivity contribution in [3.05, 3.63) is 60.2 Å². The first-order valence-corrected chi connectivity index (χ1v) is 10.8. The number of benzene rings is 2. The molecule has 6 heteroatoms. The van der Waals surface area contributed by atoms with Gasteiger partial charge in [0.2, 0.25) is 11.8 Å². The van der Waals surface area contributed by atoms with Crippen molar-refractivity contribution in [2.24, 2.45) is 0 Å². The highest BCUT2D eigenvalue weighted by molar-refractivity contribution is 7.99. The lowest BCUT2D eigenvalue weighted by atomic mass is 10.1. The lowest BCUT2D eigenvalue weighted by molar-refractivity contribution is -0.124. The van der Waals surface area contributed by atoms with Crippen LogP contribution in [0.5, 0.6) is 0 Å². The van der Waals surface area contributed by atoms with Crippen molar-refractivity contribution in [3.8, 4) is 0 Å². The molecule has 2 aromatic carbocycles. The van der Waals surface area contributed by atoms with Crippen molar-refractivity contribution in [2.45, 2.75) is 37.2 Å². The SMILES string of the molecule is CN(CC(=O)NC(C)(C)C)CC(=O)N1c2ccccc2SC[C@H]1c1ccccc1. The fourth-order valence-electron chi connectivity index (χ4n) is 3.48. The van der Waals surface area contributed by atoms with Gasteiger partial charge in [0.15, 0.2) is 0 Å². The van der Waals surface area contributed by atoms with E-state index in [1.54, 1.807) is 16.7 Å². The fourth-order valence-corrected chi connectivity index (χ4v) is 4.65. The molecule has 0 saturated heterocycles. The first kappa shape index (κ1) is 21.4. The van der Waals surface area contributed by atoms with Crippen molar-refractivity contribution in [1.29, 1.82) is 0 Å². The monoisotopic (exact) mass is 411 g/mol. The smallest absolute Gasteiger partial charge is 0.241 e. The number of anilines is 1. The van der Waals surface area contributed by atoms with Crippen LogP contribution in [0.25, 0.3) is 0 Å². The zero-order valence-corrected chi connectivity index (χ0v) is 18.3. The van der Waals surface area contributed by atoms with Crippen LogP contribution in [-0.2, 0) is 9.59 Å². The van der Waals surface area contributed by atoms with Crippen LogP contribution >= 0.6 is 11.8 Å². The predicted octanol–water partition coefficient (Wildman–Crippen LogP) is 3.71. The van der Waals surface area contributed by atoms with Gasteiger partial charge in [-0.3, -0.25) is 14.5 Å². The standard InChI is InChI=1S/C23H29N3O2S/c1-23(2,3)24-21(27)14-25(4)15-22(28)26-18-12-8-9-13-20(18)29-16-19(26)17-10-6-5-7-11-17/h5-13,19H,14-16H2,1-4H3,(H,24,27)/t19-/m0/s1. The van der Waals surface area contributed by atoms with E-state index in [-0.39, 0.29) is 36.5 Å². The number of carbonyl (C=O) groups is 2. The van der Waals surface area contributed by atoms with Gasteiger partial charge in [0.05, 0.1) is 24.8 Å². The molecule has 0 saturated carbocycles. The second-order valence-corrected chi connectivity index (χ2v) is 9.50. The second kappa shape index (κ2) is 9.01. The molecule has 1 aliphatic heterocycles. The number of carbonyl (C=O) groups excluding carboxylic acids is 2. The molecular formula is C23H29N3O2S. The number of rotatable bonds is 5. The molecule has 29 heavy (non-hydrogen) atoms. The summed E-state index contributed by atoms with van der Waals surface area (Å²) in [4.78, 5) is 30.4. The summed E-state index contributed by atoms with van der Waals surface area (Å²) in [5, 5.41) is 2.94. The number of nitrogens with zero attached hydrogens (tertiary/aromatic N) is 2. The Balaban J connectivity index is 1.79. The Morgan fingerprint density at radius 2 is 1.72 bits per heavy atom. The van der Waals surface area contributed by atoms with Crippen LogP contribution in [0.4, 0.5) is 5.69 Å². The van der Waals surface area contributed by atoms with Crippen LogP contribution in [-0.4, -0.2) is 48.1 Å². The molecule has 2 aromatic rings. The minimum absolute atomic E-state index is 0.00217.